The number of rotatable bonds is 6. The summed E-state index contributed by atoms with van der Waals surface area (Å²) in [5, 5.41) is 12.0. The summed E-state index contributed by atoms with van der Waals surface area (Å²) >= 11 is 1.49. The Balaban J connectivity index is 1.41. The second-order valence-electron chi connectivity index (χ2n) is 5.53. The molecular weight excluding hydrogens is 348 g/mol. The second-order valence-corrected chi connectivity index (χ2v) is 6.47. The van der Waals surface area contributed by atoms with Crippen molar-refractivity contribution in [2.75, 3.05) is 7.11 Å². The molecule has 1 N–H and O–H groups in total. The third kappa shape index (κ3) is 3.62. The van der Waals surface area contributed by atoms with Gasteiger partial charge in [-0.3, -0.25) is 5.10 Å². The number of aromatic nitrogens is 4. The van der Waals surface area contributed by atoms with Crippen molar-refractivity contribution >= 4 is 11.8 Å². The standard InChI is InChI=1S/C19H16N4O2S/c1-24-15-9-7-14(8-10-15)18-20-19(22-21-18)26-12-16-11-17(23-25-16)13-5-3-2-4-6-13/h2-11H,12H2,1H3,(H,20,21,22). The number of aromatic amines is 1. The molecule has 4 aromatic rings. The molecule has 4 rings (SSSR count). The first-order valence-electron chi connectivity index (χ1n) is 8.02. The molecule has 0 atom stereocenters. The number of hydrogen-bond acceptors (Lipinski definition) is 6. The highest BCUT2D eigenvalue weighted by Crippen LogP contribution is 2.26. The van der Waals surface area contributed by atoms with Gasteiger partial charge in [-0.1, -0.05) is 47.3 Å². The number of H-pyrrole nitrogens is 1. The molecule has 0 spiro atoms. The van der Waals surface area contributed by atoms with Crippen LogP contribution in [0.15, 0.2) is 70.3 Å². The fourth-order valence-corrected chi connectivity index (χ4v) is 3.12. The van der Waals surface area contributed by atoms with Crippen molar-refractivity contribution in [1.29, 1.82) is 0 Å². The van der Waals surface area contributed by atoms with Gasteiger partial charge in [0.2, 0.25) is 5.16 Å². The van der Waals surface area contributed by atoms with Crippen LogP contribution >= 0.6 is 11.8 Å². The van der Waals surface area contributed by atoms with E-state index in [-0.39, 0.29) is 0 Å². The van der Waals surface area contributed by atoms with Gasteiger partial charge in [-0.2, -0.15) is 0 Å². The monoisotopic (exact) mass is 364 g/mol. The topological polar surface area (TPSA) is 76.8 Å². The van der Waals surface area contributed by atoms with Crippen molar-refractivity contribution in [2.24, 2.45) is 0 Å². The van der Waals surface area contributed by atoms with Gasteiger partial charge in [-0.15, -0.1) is 5.10 Å². The van der Waals surface area contributed by atoms with Crippen LogP contribution in [0.5, 0.6) is 5.75 Å². The normalized spacial score (nSPS) is 10.8. The van der Waals surface area contributed by atoms with Gasteiger partial charge in [-0.05, 0) is 24.3 Å². The van der Waals surface area contributed by atoms with Crippen LogP contribution in [-0.2, 0) is 5.75 Å². The summed E-state index contributed by atoms with van der Waals surface area (Å²) in [4.78, 5) is 4.51. The fraction of sp³-hybridized carbons (Fsp3) is 0.105. The lowest BCUT2D eigenvalue weighted by Crippen LogP contribution is -1.84. The third-order valence-corrected chi connectivity index (χ3v) is 4.67. The van der Waals surface area contributed by atoms with E-state index in [0.717, 1.165) is 34.2 Å². The van der Waals surface area contributed by atoms with Gasteiger partial charge in [-0.25, -0.2) is 4.98 Å². The molecule has 0 fully saturated rings. The van der Waals surface area contributed by atoms with Crippen LogP contribution in [-0.4, -0.2) is 27.4 Å². The van der Waals surface area contributed by atoms with Crippen molar-refractivity contribution in [2.45, 2.75) is 10.9 Å². The largest absolute Gasteiger partial charge is 0.497 e. The van der Waals surface area contributed by atoms with E-state index in [1.165, 1.54) is 11.8 Å². The lowest BCUT2D eigenvalue weighted by molar-refractivity contribution is 0.397. The van der Waals surface area contributed by atoms with Crippen molar-refractivity contribution < 1.29 is 9.26 Å². The van der Waals surface area contributed by atoms with Gasteiger partial charge < -0.3 is 9.26 Å². The van der Waals surface area contributed by atoms with E-state index >= 15 is 0 Å². The third-order valence-electron chi connectivity index (χ3n) is 3.80. The van der Waals surface area contributed by atoms with Crippen molar-refractivity contribution in [3.63, 3.8) is 0 Å². The summed E-state index contributed by atoms with van der Waals surface area (Å²) in [6.07, 6.45) is 0. The number of benzene rings is 2. The average Bonchev–Trinajstić information content (AvgIpc) is 3.37. The molecule has 0 saturated carbocycles. The highest BCUT2D eigenvalue weighted by Gasteiger charge is 2.10. The first kappa shape index (κ1) is 16.4. The maximum absolute atomic E-state index is 5.41. The summed E-state index contributed by atoms with van der Waals surface area (Å²) in [7, 11) is 1.64. The van der Waals surface area contributed by atoms with Gasteiger partial charge in [0, 0.05) is 17.2 Å². The molecule has 0 bridgehead atoms. The smallest absolute Gasteiger partial charge is 0.209 e. The minimum absolute atomic E-state index is 0.611. The van der Waals surface area contributed by atoms with Gasteiger partial charge >= 0.3 is 0 Å². The van der Waals surface area contributed by atoms with Crippen LogP contribution in [0.3, 0.4) is 0 Å². The summed E-state index contributed by atoms with van der Waals surface area (Å²) in [5.74, 6) is 2.92. The van der Waals surface area contributed by atoms with Crippen LogP contribution in [0.1, 0.15) is 5.76 Å². The Hall–Kier alpha value is -3.06. The maximum Gasteiger partial charge on any atom is 0.209 e. The predicted octanol–water partition coefficient (Wildman–Crippen LogP) is 4.43. The SMILES string of the molecule is COc1ccc(-c2nc(SCc3cc(-c4ccccc4)no3)n[nH]2)cc1. The zero-order chi connectivity index (χ0) is 17.8. The highest BCUT2D eigenvalue weighted by atomic mass is 32.2. The Kier molecular flexibility index (Phi) is 4.70. The first-order chi connectivity index (χ1) is 12.8. The molecule has 0 aliphatic heterocycles. The lowest BCUT2D eigenvalue weighted by Gasteiger charge is -1.99. The van der Waals surface area contributed by atoms with E-state index in [2.05, 4.69) is 20.3 Å². The minimum atomic E-state index is 0.611. The van der Waals surface area contributed by atoms with Crippen molar-refractivity contribution in [1.82, 2.24) is 20.3 Å². The number of ether oxygens (including phenoxy) is 1. The number of nitrogens with one attached hydrogen (secondary N) is 1. The lowest BCUT2D eigenvalue weighted by atomic mass is 10.1. The van der Waals surface area contributed by atoms with E-state index in [4.69, 9.17) is 9.26 Å². The molecule has 7 heteroatoms. The van der Waals surface area contributed by atoms with E-state index < -0.39 is 0 Å². The average molecular weight is 364 g/mol. The molecule has 0 aliphatic carbocycles. The Bertz CT molecular complexity index is 980. The van der Waals surface area contributed by atoms with Gasteiger partial charge in [0.25, 0.3) is 0 Å². The Labute approximate surface area is 154 Å². The van der Waals surface area contributed by atoms with E-state index in [1.54, 1.807) is 7.11 Å². The molecule has 130 valence electrons. The summed E-state index contributed by atoms with van der Waals surface area (Å²) in [5.41, 5.74) is 2.82. The van der Waals surface area contributed by atoms with Gasteiger partial charge in [0.15, 0.2) is 5.82 Å². The molecule has 0 unspecified atom stereocenters. The molecular formula is C19H16N4O2S. The number of hydrogen-bond donors (Lipinski definition) is 1. The van der Waals surface area contributed by atoms with Crippen LogP contribution < -0.4 is 4.74 Å². The predicted molar refractivity (Wildman–Crippen MR) is 99.9 cm³/mol. The van der Waals surface area contributed by atoms with Crippen molar-refractivity contribution in [3.8, 4) is 28.4 Å². The molecule has 0 aliphatic rings. The van der Waals surface area contributed by atoms with Gasteiger partial charge in [0.1, 0.15) is 17.2 Å². The van der Waals surface area contributed by atoms with Crippen molar-refractivity contribution in [3.05, 3.63) is 66.4 Å². The zero-order valence-corrected chi connectivity index (χ0v) is 14.9. The quantitative estimate of drug-likeness (QED) is 0.510. The second kappa shape index (κ2) is 7.45. The van der Waals surface area contributed by atoms with E-state index in [9.17, 15) is 0 Å². The van der Waals surface area contributed by atoms with Crippen LogP contribution in [0, 0.1) is 0 Å². The van der Waals surface area contributed by atoms with E-state index in [0.29, 0.717) is 10.9 Å². The molecule has 0 saturated heterocycles. The summed E-state index contributed by atoms with van der Waals surface area (Å²) in [6.45, 7) is 0. The maximum atomic E-state index is 5.41. The molecule has 2 heterocycles. The number of nitrogens with zero attached hydrogens (tertiary/aromatic N) is 3. The van der Waals surface area contributed by atoms with Crippen LogP contribution in [0.4, 0.5) is 0 Å². The van der Waals surface area contributed by atoms with Crippen LogP contribution in [0.25, 0.3) is 22.6 Å². The molecule has 0 radical (unpaired) electrons. The molecule has 2 aromatic heterocycles. The molecule has 6 nitrogen and oxygen atoms in total. The Morgan fingerprint density at radius 1 is 1.04 bits per heavy atom. The zero-order valence-electron chi connectivity index (χ0n) is 14.0. The minimum Gasteiger partial charge on any atom is -0.497 e. The summed E-state index contributed by atoms with van der Waals surface area (Å²) in [6, 6.07) is 19.6. The molecule has 2 aromatic carbocycles. The number of methoxy groups -OCH3 is 1. The molecule has 26 heavy (non-hydrogen) atoms. The highest BCUT2D eigenvalue weighted by molar-refractivity contribution is 7.98. The summed E-state index contributed by atoms with van der Waals surface area (Å²) < 4.78 is 10.6. The fourth-order valence-electron chi connectivity index (χ4n) is 2.45. The van der Waals surface area contributed by atoms with Crippen LogP contribution in [0.2, 0.25) is 0 Å². The molecule has 0 amide bonds. The van der Waals surface area contributed by atoms with E-state index in [1.807, 2.05) is 60.7 Å². The first-order valence-corrected chi connectivity index (χ1v) is 9.01. The Morgan fingerprint density at radius 3 is 2.62 bits per heavy atom. The number of thioether (sulfide) groups is 1. The van der Waals surface area contributed by atoms with Gasteiger partial charge in [0.05, 0.1) is 12.9 Å². The Morgan fingerprint density at radius 2 is 1.85 bits per heavy atom.